The number of nitrogens with zero attached hydrogens (tertiary/aromatic N) is 2. The number of carbonyl (C=O) groups is 2. The Hall–Kier alpha value is -2.11. The van der Waals surface area contributed by atoms with E-state index in [0.29, 0.717) is 12.2 Å². The summed E-state index contributed by atoms with van der Waals surface area (Å²) in [5.74, 6) is 0.249. The van der Waals surface area contributed by atoms with Gasteiger partial charge in [0.1, 0.15) is 11.9 Å². The molecule has 1 aliphatic heterocycles. The fourth-order valence-electron chi connectivity index (χ4n) is 1.92. The lowest BCUT2D eigenvalue weighted by Gasteiger charge is -2.12. The zero-order valence-corrected chi connectivity index (χ0v) is 10.2. The summed E-state index contributed by atoms with van der Waals surface area (Å²) in [4.78, 5) is 28.8. The van der Waals surface area contributed by atoms with Gasteiger partial charge in [-0.05, 0) is 18.1 Å². The maximum Gasteiger partial charge on any atom is 0.325 e. The highest BCUT2D eigenvalue weighted by Crippen LogP contribution is 2.14. The van der Waals surface area contributed by atoms with Crippen LogP contribution in [0.25, 0.3) is 0 Å². The summed E-state index contributed by atoms with van der Waals surface area (Å²) < 4.78 is 0. The van der Waals surface area contributed by atoms with Crippen LogP contribution in [-0.2, 0) is 11.3 Å². The first-order valence-electron chi connectivity index (χ1n) is 5.94. The lowest BCUT2D eigenvalue weighted by Crippen LogP contribution is -2.31. The molecule has 3 amide bonds. The van der Waals surface area contributed by atoms with Crippen LogP contribution in [0, 0.1) is 0 Å². The third-order valence-electron chi connectivity index (χ3n) is 2.87. The maximum atomic E-state index is 12.0. The molecule has 6 heteroatoms. The Bertz CT molecular complexity index is 458. The van der Waals surface area contributed by atoms with Crippen molar-refractivity contribution in [3.05, 3.63) is 23.9 Å². The SMILES string of the molecule is CCCC1NC(=O)N(Cc2ccc(N)nc2)C1=O. The van der Waals surface area contributed by atoms with Crippen molar-refractivity contribution in [3.8, 4) is 0 Å². The van der Waals surface area contributed by atoms with Crippen molar-refractivity contribution in [2.75, 3.05) is 5.73 Å². The molecular weight excluding hydrogens is 232 g/mol. The first-order chi connectivity index (χ1) is 8.61. The number of hydrogen-bond donors (Lipinski definition) is 2. The number of nitrogens with one attached hydrogen (secondary N) is 1. The largest absolute Gasteiger partial charge is 0.384 e. The van der Waals surface area contributed by atoms with Crippen LogP contribution in [0.2, 0.25) is 0 Å². The van der Waals surface area contributed by atoms with Gasteiger partial charge < -0.3 is 11.1 Å². The Morgan fingerprint density at radius 1 is 1.44 bits per heavy atom. The van der Waals surface area contributed by atoms with Gasteiger partial charge in [0, 0.05) is 6.20 Å². The van der Waals surface area contributed by atoms with Crippen molar-refractivity contribution in [2.24, 2.45) is 0 Å². The second kappa shape index (κ2) is 5.03. The Morgan fingerprint density at radius 3 is 2.83 bits per heavy atom. The van der Waals surface area contributed by atoms with Crippen LogP contribution in [-0.4, -0.2) is 27.9 Å². The summed E-state index contributed by atoms with van der Waals surface area (Å²) in [6, 6.07) is 2.69. The number of pyridine rings is 1. The standard InChI is InChI=1S/C12H16N4O2/c1-2-3-9-11(17)16(12(18)15-9)7-8-4-5-10(13)14-6-8/h4-6,9H,2-3,7H2,1H3,(H2,13,14)(H,15,18). The van der Waals surface area contributed by atoms with Crippen LogP contribution in [0.3, 0.4) is 0 Å². The number of imide groups is 1. The van der Waals surface area contributed by atoms with Gasteiger partial charge in [-0.2, -0.15) is 0 Å². The van der Waals surface area contributed by atoms with Crippen molar-refractivity contribution < 1.29 is 9.59 Å². The summed E-state index contributed by atoms with van der Waals surface area (Å²) in [5, 5.41) is 2.68. The monoisotopic (exact) mass is 248 g/mol. The van der Waals surface area contributed by atoms with Crippen LogP contribution in [0.15, 0.2) is 18.3 Å². The van der Waals surface area contributed by atoms with Crippen LogP contribution in [0.5, 0.6) is 0 Å². The topological polar surface area (TPSA) is 88.3 Å². The molecule has 3 N–H and O–H groups in total. The van der Waals surface area contributed by atoms with Gasteiger partial charge in [-0.15, -0.1) is 0 Å². The highest BCUT2D eigenvalue weighted by atomic mass is 16.2. The van der Waals surface area contributed by atoms with Gasteiger partial charge in [-0.1, -0.05) is 19.4 Å². The molecule has 96 valence electrons. The molecule has 0 bridgehead atoms. The summed E-state index contributed by atoms with van der Waals surface area (Å²) >= 11 is 0. The lowest BCUT2D eigenvalue weighted by atomic mass is 10.1. The van der Waals surface area contributed by atoms with Gasteiger partial charge in [-0.3, -0.25) is 9.69 Å². The summed E-state index contributed by atoms with van der Waals surface area (Å²) in [7, 11) is 0. The van der Waals surface area contributed by atoms with Gasteiger partial charge in [0.2, 0.25) is 0 Å². The second-order valence-corrected chi connectivity index (χ2v) is 4.31. The van der Waals surface area contributed by atoms with Gasteiger partial charge in [0.15, 0.2) is 0 Å². The van der Waals surface area contributed by atoms with E-state index in [-0.39, 0.29) is 24.5 Å². The normalized spacial score (nSPS) is 19.2. The molecule has 1 atom stereocenters. The molecule has 0 aliphatic carbocycles. The van der Waals surface area contributed by atoms with Crippen molar-refractivity contribution in [3.63, 3.8) is 0 Å². The third kappa shape index (κ3) is 2.42. The van der Waals surface area contributed by atoms with Gasteiger partial charge in [-0.25, -0.2) is 9.78 Å². The quantitative estimate of drug-likeness (QED) is 0.774. The zero-order valence-electron chi connectivity index (χ0n) is 10.2. The minimum atomic E-state index is -0.385. The van der Waals surface area contributed by atoms with E-state index < -0.39 is 0 Å². The number of urea groups is 1. The Balaban J connectivity index is 2.07. The molecule has 6 nitrogen and oxygen atoms in total. The lowest BCUT2D eigenvalue weighted by molar-refractivity contribution is -0.128. The molecule has 1 unspecified atom stereocenters. The van der Waals surface area contributed by atoms with Crippen LogP contribution >= 0.6 is 0 Å². The fraction of sp³-hybridized carbons (Fsp3) is 0.417. The highest BCUT2D eigenvalue weighted by molar-refractivity contribution is 6.04. The molecular formula is C12H16N4O2. The van der Waals surface area contributed by atoms with Gasteiger partial charge in [0.05, 0.1) is 6.54 Å². The minimum Gasteiger partial charge on any atom is -0.384 e. The molecule has 1 saturated heterocycles. The number of amides is 3. The van der Waals surface area contributed by atoms with Crippen LogP contribution < -0.4 is 11.1 Å². The number of nitrogens with two attached hydrogens (primary N) is 1. The van der Waals surface area contributed by atoms with Crippen LogP contribution in [0.4, 0.5) is 10.6 Å². The molecule has 2 rings (SSSR count). The number of hydrogen-bond acceptors (Lipinski definition) is 4. The second-order valence-electron chi connectivity index (χ2n) is 4.31. The average molecular weight is 248 g/mol. The number of anilines is 1. The summed E-state index contributed by atoms with van der Waals surface area (Å²) in [6.45, 7) is 2.21. The predicted molar refractivity (Wildman–Crippen MR) is 66.4 cm³/mol. The average Bonchev–Trinajstić information content (AvgIpc) is 2.60. The van der Waals surface area contributed by atoms with E-state index in [9.17, 15) is 9.59 Å². The number of aromatic nitrogens is 1. The van der Waals surface area contributed by atoms with E-state index in [1.807, 2.05) is 6.92 Å². The van der Waals surface area contributed by atoms with E-state index in [1.165, 1.54) is 4.90 Å². The van der Waals surface area contributed by atoms with Gasteiger partial charge >= 0.3 is 6.03 Å². The van der Waals surface area contributed by atoms with Crippen molar-refractivity contribution in [1.29, 1.82) is 0 Å². The molecule has 1 aliphatic rings. The molecule has 0 aromatic carbocycles. The van der Waals surface area contributed by atoms with E-state index in [1.54, 1.807) is 18.3 Å². The minimum absolute atomic E-state index is 0.168. The third-order valence-corrected chi connectivity index (χ3v) is 2.87. The summed E-state index contributed by atoms with van der Waals surface area (Å²) in [6.07, 6.45) is 3.10. The fourth-order valence-corrected chi connectivity index (χ4v) is 1.92. The zero-order chi connectivity index (χ0) is 13.1. The van der Waals surface area contributed by atoms with Crippen LogP contribution in [0.1, 0.15) is 25.3 Å². The molecule has 1 aromatic heterocycles. The first-order valence-corrected chi connectivity index (χ1v) is 5.94. The summed E-state index contributed by atoms with van der Waals surface area (Å²) in [5.41, 5.74) is 6.26. The predicted octanol–water partition coefficient (Wildman–Crippen LogP) is 0.884. The smallest absolute Gasteiger partial charge is 0.325 e. The molecule has 1 aromatic rings. The Labute approximate surface area is 105 Å². The molecule has 0 spiro atoms. The van der Waals surface area contributed by atoms with Crippen molar-refractivity contribution in [1.82, 2.24) is 15.2 Å². The molecule has 0 saturated carbocycles. The van der Waals surface area contributed by atoms with Crippen molar-refractivity contribution >= 4 is 17.8 Å². The van der Waals surface area contributed by atoms with Gasteiger partial charge in [0.25, 0.3) is 5.91 Å². The van der Waals surface area contributed by atoms with Crippen molar-refractivity contribution in [2.45, 2.75) is 32.4 Å². The highest BCUT2D eigenvalue weighted by Gasteiger charge is 2.36. The number of nitrogen functional groups attached to an aromatic ring is 1. The Morgan fingerprint density at radius 2 is 2.22 bits per heavy atom. The molecule has 1 fully saturated rings. The van der Waals surface area contributed by atoms with E-state index in [0.717, 1.165) is 12.0 Å². The van der Waals surface area contributed by atoms with E-state index >= 15 is 0 Å². The van der Waals surface area contributed by atoms with E-state index in [4.69, 9.17) is 5.73 Å². The molecule has 0 radical (unpaired) electrons. The number of rotatable bonds is 4. The molecule has 18 heavy (non-hydrogen) atoms. The first kappa shape index (κ1) is 12.3. The number of carbonyl (C=O) groups excluding carboxylic acids is 2. The Kier molecular flexibility index (Phi) is 3.45. The maximum absolute atomic E-state index is 12.0. The van der Waals surface area contributed by atoms with E-state index in [2.05, 4.69) is 10.3 Å². The molecule has 2 heterocycles.